The first-order valence-corrected chi connectivity index (χ1v) is 4.85. The van der Waals surface area contributed by atoms with Crippen LogP contribution in [0.1, 0.15) is 20.3 Å². The summed E-state index contributed by atoms with van der Waals surface area (Å²) in [5.74, 6) is -0.803. The molecular formula is C10H18N2O3. The summed E-state index contributed by atoms with van der Waals surface area (Å²) >= 11 is 0. The van der Waals surface area contributed by atoms with Crippen LogP contribution in [0.2, 0.25) is 0 Å². The Bertz CT molecular complexity index is 239. The zero-order valence-electron chi connectivity index (χ0n) is 9.12. The minimum Gasteiger partial charge on any atom is -0.480 e. The first-order valence-electron chi connectivity index (χ1n) is 4.85. The summed E-state index contributed by atoms with van der Waals surface area (Å²) in [5, 5.41) is 13.7. The van der Waals surface area contributed by atoms with Crippen LogP contribution in [-0.2, 0) is 4.79 Å². The molecule has 0 aliphatic carbocycles. The molecule has 0 radical (unpaired) electrons. The minimum atomic E-state index is -1.02. The SMILES string of the molecule is C=CCNC(=O)N[C@H](CC(C)C)C(=O)O. The van der Waals surface area contributed by atoms with Crippen LogP contribution in [0.25, 0.3) is 0 Å². The van der Waals surface area contributed by atoms with Gasteiger partial charge in [0, 0.05) is 6.54 Å². The molecule has 2 amide bonds. The van der Waals surface area contributed by atoms with Crippen LogP contribution in [0.15, 0.2) is 12.7 Å². The molecular weight excluding hydrogens is 196 g/mol. The molecule has 0 rings (SSSR count). The van der Waals surface area contributed by atoms with Crippen LogP contribution in [0.5, 0.6) is 0 Å². The van der Waals surface area contributed by atoms with E-state index in [1.807, 2.05) is 13.8 Å². The van der Waals surface area contributed by atoms with E-state index in [1.165, 1.54) is 6.08 Å². The monoisotopic (exact) mass is 214 g/mol. The Balaban J connectivity index is 4.10. The Morgan fingerprint density at radius 2 is 2.07 bits per heavy atom. The summed E-state index contributed by atoms with van der Waals surface area (Å²) in [7, 11) is 0. The number of rotatable bonds is 6. The summed E-state index contributed by atoms with van der Waals surface area (Å²) in [4.78, 5) is 21.9. The topological polar surface area (TPSA) is 78.4 Å². The number of amides is 2. The number of hydrogen-bond acceptors (Lipinski definition) is 2. The van der Waals surface area contributed by atoms with E-state index in [4.69, 9.17) is 5.11 Å². The van der Waals surface area contributed by atoms with Crippen molar-refractivity contribution in [3.8, 4) is 0 Å². The van der Waals surface area contributed by atoms with Gasteiger partial charge in [0.1, 0.15) is 6.04 Å². The molecule has 0 heterocycles. The average Bonchev–Trinajstić information content (AvgIpc) is 2.12. The van der Waals surface area contributed by atoms with Gasteiger partial charge in [0.25, 0.3) is 0 Å². The van der Waals surface area contributed by atoms with Crippen LogP contribution in [0, 0.1) is 5.92 Å². The standard InChI is InChI=1S/C10H18N2O3/c1-4-5-11-10(15)12-8(9(13)14)6-7(2)3/h4,7-8H,1,5-6H2,2-3H3,(H,13,14)(H2,11,12,15)/t8-/m1/s1. The zero-order chi connectivity index (χ0) is 11.8. The first-order chi connectivity index (χ1) is 6.97. The molecule has 0 aliphatic rings. The summed E-state index contributed by atoms with van der Waals surface area (Å²) in [6.07, 6.45) is 1.94. The molecule has 0 bridgehead atoms. The third-order valence-electron chi connectivity index (χ3n) is 1.72. The number of urea groups is 1. The largest absolute Gasteiger partial charge is 0.480 e. The summed E-state index contributed by atoms with van der Waals surface area (Å²) in [5.41, 5.74) is 0. The molecule has 5 heteroatoms. The Kier molecular flexibility index (Phi) is 6.17. The van der Waals surface area contributed by atoms with Gasteiger partial charge in [-0.1, -0.05) is 19.9 Å². The van der Waals surface area contributed by atoms with E-state index < -0.39 is 18.0 Å². The molecule has 0 spiro atoms. The summed E-state index contributed by atoms with van der Waals surface area (Å²) in [6, 6.07) is -1.32. The minimum absolute atomic E-state index is 0.214. The Hall–Kier alpha value is -1.52. The quantitative estimate of drug-likeness (QED) is 0.576. The lowest BCUT2D eigenvalue weighted by molar-refractivity contribution is -0.139. The second kappa shape index (κ2) is 6.86. The van der Waals surface area contributed by atoms with Crippen molar-refractivity contribution in [2.75, 3.05) is 6.54 Å². The summed E-state index contributed by atoms with van der Waals surface area (Å²) in [6.45, 7) is 7.56. The lowest BCUT2D eigenvalue weighted by Crippen LogP contribution is -2.46. The normalized spacial score (nSPS) is 11.9. The second-order valence-corrected chi connectivity index (χ2v) is 3.66. The molecule has 0 saturated carbocycles. The van der Waals surface area contributed by atoms with E-state index in [-0.39, 0.29) is 5.92 Å². The van der Waals surface area contributed by atoms with Gasteiger partial charge in [0.2, 0.25) is 0 Å². The Morgan fingerprint density at radius 3 is 2.47 bits per heavy atom. The molecule has 0 saturated heterocycles. The molecule has 0 aromatic heterocycles. The first kappa shape index (κ1) is 13.5. The maximum Gasteiger partial charge on any atom is 0.326 e. The van der Waals surface area contributed by atoms with Crippen LogP contribution in [0.3, 0.4) is 0 Å². The maximum atomic E-state index is 11.2. The van der Waals surface area contributed by atoms with Gasteiger partial charge in [0.15, 0.2) is 0 Å². The van der Waals surface area contributed by atoms with E-state index >= 15 is 0 Å². The van der Waals surface area contributed by atoms with Gasteiger partial charge in [-0.05, 0) is 12.3 Å². The summed E-state index contributed by atoms with van der Waals surface area (Å²) < 4.78 is 0. The van der Waals surface area contributed by atoms with Crippen molar-refractivity contribution in [2.45, 2.75) is 26.3 Å². The molecule has 0 aromatic carbocycles. The molecule has 0 unspecified atom stereocenters. The van der Waals surface area contributed by atoms with E-state index in [9.17, 15) is 9.59 Å². The van der Waals surface area contributed by atoms with Crippen molar-refractivity contribution in [2.24, 2.45) is 5.92 Å². The highest BCUT2D eigenvalue weighted by molar-refractivity contribution is 5.82. The highest BCUT2D eigenvalue weighted by atomic mass is 16.4. The van der Waals surface area contributed by atoms with E-state index in [0.29, 0.717) is 13.0 Å². The fraction of sp³-hybridized carbons (Fsp3) is 0.600. The molecule has 0 aromatic rings. The molecule has 86 valence electrons. The van der Waals surface area contributed by atoms with Crippen molar-refractivity contribution in [3.05, 3.63) is 12.7 Å². The molecule has 0 fully saturated rings. The van der Waals surface area contributed by atoms with E-state index in [1.54, 1.807) is 0 Å². The van der Waals surface area contributed by atoms with Crippen molar-refractivity contribution in [3.63, 3.8) is 0 Å². The van der Waals surface area contributed by atoms with Gasteiger partial charge in [-0.2, -0.15) is 0 Å². The second-order valence-electron chi connectivity index (χ2n) is 3.66. The highest BCUT2D eigenvalue weighted by Crippen LogP contribution is 2.04. The van der Waals surface area contributed by atoms with Crippen LogP contribution >= 0.6 is 0 Å². The van der Waals surface area contributed by atoms with Crippen molar-refractivity contribution < 1.29 is 14.7 Å². The fourth-order valence-corrected chi connectivity index (χ4v) is 1.07. The fourth-order valence-electron chi connectivity index (χ4n) is 1.07. The lowest BCUT2D eigenvalue weighted by atomic mass is 10.0. The molecule has 15 heavy (non-hydrogen) atoms. The van der Waals surface area contributed by atoms with Crippen molar-refractivity contribution in [1.82, 2.24) is 10.6 Å². The van der Waals surface area contributed by atoms with E-state index in [2.05, 4.69) is 17.2 Å². The molecule has 5 nitrogen and oxygen atoms in total. The number of hydrogen-bond donors (Lipinski definition) is 3. The number of nitrogens with one attached hydrogen (secondary N) is 2. The smallest absolute Gasteiger partial charge is 0.326 e. The van der Waals surface area contributed by atoms with Gasteiger partial charge < -0.3 is 15.7 Å². The zero-order valence-corrected chi connectivity index (χ0v) is 9.12. The third kappa shape index (κ3) is 6.54. The number of carbonyl (C=O) groups is 2. The van der Waals surface area contributed by atoms with Gasteiger partial charge >= 0.3 is 12.0 Å². The van der Waals surface area contributed by atoms with Gasteiger partial charge in [0.05, 0.1) is 0 Å². The number of carbonyl (C=O) groups excluding carboxylic acids is 1. The van der Waals surface area contributed by atoms with Crippen LogP contribution < -0.4 is 10.6 Å². The maximum absolute atomic E-state index is 11.2. The van der Waals surface area contributed by atoms with Crippen molar-refractivity contribution in [1.29, 1.82) is 0 Å². The Labute approximate surface area is 89.6 Å². The number of carboxylic acids is 1. The van der Waals surface area contributed by atoms with Gasteiger partial charge in [-0.15, -0.1) is 6.58 Å². The average molecular weight is 214 g/mol. The van der Waals surface area contributed by atoms with Crippen LogP contribution in [-0.4, -0.2) is 29.7 Å². The molecule has 1 atom stereocenters. The van der Waals surface area contributed by atoms with Gasteiger partial charge in [-0.25, -0.2) is 9.59 Å². The van der Waals surface area contributed by atoms with Crippen molar-refractivity contribution >= 4 is 12.0 Å². The Morgan fingerprint density at radius 1 is 1.47 bits per heavy atom. The molecule has 3 N–H and O–H groups in total. The third-order valence-corrected chi connectivity index (χ3v) is 1.72. The number of aliphatic carboxylic acids is 1. The predicted molar refractivity (Wildman–Crippen MR) is 57.6 cm³/mol. The molecule has 0 aliphatic heterocycles. The van der Waals surface area contributed by atoms with Gasteiger partial charge in [-0.3, -0.25) is 0 Å². The van der Waals surface area contributed by atoms with E-state index in [0.717, 1.165) is 0 Å². The lowest BCUT2D eigenvalue weighted by Gasteiger charge is -2.16. The highest BCUT2D eigenvalue weighted by Gasteiger charge is 2.20. The van der Waals surface area contributed by atoms with Crippen LogP contribution in [0.4, 0.5) is 4.79 Å². The number of carboxylic acid groups (broad SMARTS) is 1. The predicted octanol–water partition coefficient (Wildman–Crippen LogP) is 0.971.